The highest BCUT2D eigenvalue weighted by Crippen LogP contribution is 2.40. The fourth-order valence-electron chi connectivity index (χ4n) is 1.99. The molecule has 1 aromatic rings. The van der Waals surface area contributed by atoms with Gasteiger partial charge in [0.2, 0.25) is 0 Å². The Bertz CT molecular complexity index is 404. The van der Waals surface area contributed by atoms with Crippen LogP contribution in [0.3, 0.4) is 0 Å². The van der Waals surface area contributed by atoms with Crippen molar-refractivity contribution in [1.29, 1.82) is 0 Å². The maximum absolute atomic E-state index is 6.15. The van der Waals surface area contributed by atoms with Crippen molar-refractivity contribution >= 4 is 23.2 Å². The number of halogens is 2. The van der Waals surface area contributed by atoms with E-state index in [-0.39, 0.29) is 12.2 Å². The van der Waals surface area contributed by atoms with Crippen LogP contribution in [-0.4, -0.2) is 11.9 Å². The molecule has 1 saturated heterocycles. The first kappa shape index (κ1) is 12.2. The molecule has 0 N–H and O–H groups in total. The van der Waals surface area contributed by atoms with Gasteiger partial charge in [0.1, 0.15) is 6.10 Å². The van der Waals surface area contributed by atoms with Gasteiger partial charge < -0.3 is 9.47 Å². The Morgan fingerprint density at radius 1 is 1.19 bits per heavy atom. The molecule has 88 valence electrons. The molecule has 0 saturated carbocycles. The quantitative estimate of drug-likeness (QED) is 0.754. The minimum atomic E-state index is -0.562. The van der Waals surface area contributed by atoms with Crippen LogP contribution in [0.15, 0.2) is 18.2 Å². The molecule has 0 aliphatic carbocycles. The Kier molecular flexibility index (Phi) is 3.19. The van der Waals surface area contributed by atoms with E-state index in [9.17, 15) is 0 Å². The Balaban J connectivity index is 2.31. The van der Waals surface area contributed by atoms with E-state index in [1.807, 2.05) is 32.9 Å². The second-order valence-corrected chi connectivity index (χ2v) is 5.27. The Morgan fingerprint density at radius 2 is 1.88 bits per heavy atom. The van der Waals surface area contributed by atoms with Crippen molar-refractivity contribution in [2.45, 2.75) is 38.8 Å². The lowest BCUT2D eigenvalue weighted by molar-refractivity contribution is -0.145. The summed E-state index contributed by atoms with van der Waals surface area (Å²) in [4.78, 5) is 0. The van der Waals surface area contributed by atoms with Crippen molar-refractivity contribution in [1.82, 2.24) is 0 Å². The summed E-state index contributed by atoms with van der Waals surface area (Å²) in [5, 5.41) is 1.24. The van der Waals surface area contributed by atoms with E-state index in [1.165, 1.54) is 0 Å². The maximum Gasteiger partial charge on any atom is 0.164 e. The van der Waals surface area contributed by atoms with Gasteiger partial charge >= 0.3 is 0 Å². The third-order valence-electron chi connectivity index (χ3n) is 2.58. The van der Waals surface area contributed by atoms with Crippen LogP contribution in [0.4, 0.5) is 0 Å². The highest BCUT2D eigenvalue weighted by molar-refractivity contribution is 6.35. The smallest absolute Gasteiger partial charge is 0.164 e. The lowest BCUT2D eigenvalue weighted by atomic mass is 10.1. The second-order valence-electron chi connectivity index (χ2n) is 4.43. The van der Waals surface area contributed by atoms with Crippen LogP contribution in [0, 0.1) is 0 Å². The summed E-state index contributed by atoms with van der Waals surface area (Å²) in [6, 6.07) is 5.42. The zero-order chi connectivity index (χ0) is 11.9. The minimum Gasteiger partial charge on any atom is -0.344 e. The number of benzene rings is 1. The number of hydrogen-bond donors (Lipinski definition) is 0. The molecule has 1 aliphatic heterocycles. The number of ether oxygens (including phenoxy) is 2. The molecule has 1 aliphatic rings. The monoisotopic (exact) mass is 260 g/mol. The molecule has 2 atom stereocenters. The average Bonchev–Trinajstić information content (AvgIpc) is 2.39. The number of hydrogen-bond acceptors (Lipinski definition) is 2. The van der Waals surface area contributed by atoms with Crippen LogP contribution < -0.4 is 0 Å². The summed E-state index contributed by atoms with van der Waals surface area (Å²) in [6.45, 7) is 5.77. The zero-order valence-corrected chi connectivity index (χ0v) is 11.0. The molecule has 1 fully saturated rings. The number of rotatable bonds is 1. The first-order valence-electron chi connectivity index (χ1n) is 5.20. The van der Waals surface area contributed by atoms with Crippen LogP contribution in [0.5, 0.6) is 0 Å². The van der Waals surface area contributed by atoms with Gasteiger partial charge in [0.15, 0.2) is 5.79 Å². The van der Waals surface area contributed by atoms with Gasteiger partial charge in [-0.1, -0.05) is 29.3 Å². The third kappa shape index (κ3) is 2.35. The molecule has 0 bridgehead atoms. The molecule has 2 nitrogen and oxygen atoms in total. The molecule has 16 heavy (non-hydrogen) atoms. The summed E-state index contributed by atoms with van der Waals surface area (Å²) >= 11 is 12.0. The summed E-state index contributed by atoms with van der Waals surface area (Å²) < 4.78 is 11.5. The normalized spacial score (nSPS) is 28.3. The minimum absolute atomic E-state index is 0.0197. The molecule has 4 heteroatoms. The largest absolute Gasteiger partial charge is 0.344 e. The molecule has 0 aromatic heterocycles. The summed E-state index contributed by atoms with van der Waals surface area (Å²) in [5.41, 5.74) is 0.921. The lowest BCUT2D eigenvalue weighted by Crippen LogP contribution is -2.20. The topological polar surface area (TPSA) is 18.5 Å². The van der Waals surface area contributed by atoms with Crippen molar-refractivity contribution in [3.8, 4) is 0 Å². The molecule has 2 rings (SSSR count). The van der Waals surface area contributed by atoms with E-state index in [2.05, 4.69) is 0 Å². The zero-order valence-electron chi connectivity index (χ0n) is 9.46. The van der Waals surface area contributed by atoms with Gasteiger partial charge in [0, 0.05) is 15.6 Å². The Morgan fingerprint density at radius 3 is 2.38 bits per heavy atom. The molecule has 1 aromatic carbocycles. The Labute approximate surface area is 105 Å². The van der Waals surface area contributed by atoms with E-state index >= 15 is 0 Å². The standard InChI is InChI=1S/C12H14Cl2O2/c1-7-11(16-12(2,3)15-7)9-5-4-8(13)6-10(9)14/h4-7,11H,1-3H3/t7-,11+/m0/s1. The van der Waals surface area contributed by atoms with E-state index in [0.717, 1.165) is 5.56 Å². The van der Waals surface area contributed by atoms with Crippen LogP contribution in [0.25, 0.3) is 0 Å². The van der Waals surface area contributed by atoms with Crippen molar-refractivity contribution < 1.29 is 9.47 Å². The molecular formula is C12H14Cl2O2. The first-order chi connectivity index (χ1) is 7.39. The van der Waals surface area contributed by atoms with Crippen LogP contribution in [0.2, 0.25) is 10.0 Å². The highest BCUT2D eigenvalue weighted by atomic mass is 35.5. The third-order valence-corrected chi connectivity index (χ3v) is 3.14. The molecule has 0 amide bonds. The van der Waals surface area contributed by atoms with Gasteiger partial charge in [-0.15, -0.1) is 0 Å². The SMILES string of the molecule is C[C@@H]1OC(C)(C)O[C@H]1c1ccc(Cl)cc1Cl. The maximum atomic E-state index is 6.15. The molecule has 0 radical (unpaired) electrons. The summed E-state index contributed by atoms with van der Waals surface area (Å²) in [7, 11) is 0. The average molecular weight is 261 g/mol. The van der Waals surface area contributed by atoms with Crippen molar-refractivity contribution in [3.05, 3.63) is 33.8 Å². The van der Waals surface area contributed by atoms with Gasteiger partial charge in [-0.2, -0.15) is 0 Å². The fraction of sp³-hybridized carbons (Fsp3) is 0.500. The van der Waals surface area contributed by atoms with Gasteiger partial charge in [-0.25, -0.2) is 0 Å². The molecular weight excluding hydrogens is 247 g/mol. The lowest BCUT2D eigenvalue weighted by Gasteiger charge is -2.17. The Hall–Kier alpha value is -0.280. The first-order valence-corrected chi connectivity index (χ1v) is 5.95. The van der Waals surface area contributed by atoms with Gasteiger partial charge in [-0.3, -0.25) is 0 Å². The predicted octanol–water partition coefficient (Wildman–Crippen LogP) is 4.21. The van der Waals surface area contributed by atoms with Crippen LogP contribution in [-0.2, 0) is 9.47 Å². The van der Waals surface area contributed by atoms with Crippen molar-refractivity contribution in [2.24, 2.45) is 0 Å². The van der Waals surface area contributed by atoms with Crippen LogP contribution in [0.1, 0.15) is 32.4 Å². The molecule has 0 unspecified atom stereocenters. The van der Waals surface area contributed by atoms with Crippen LogP contribution >= 0.6 is 23.2 Å². The van der Waals surface area contributed by atoms with E-state index in [4.69, 9.17) is 32.7 Å². The van der Waals surface area contributed by atoms with Crippen molar-refractivity contribution in [3.63, 3.8) is 0 Å². The second kappa shape index (κ2) is 4.19. The predicted molar refractivity (Wildman–Crippen MR) is 64.9 cm³/mol. The van der Waals surface area contributed by atoms with E-state index in [0.29, 0.717) is 10.0 Å². The van der Waals surface area contributed by atoms with Gasteiger partial charge in [-0.05, 0) is 32.9 Å². The summed E-state index contributed by atoms with van der Waals surface area (Å²) in [5.74, 6) is -0.562. The highest BCUT2D eigenvalue weighted by Gasteiger charge is 2.40. The van der Waals surface area contributed by atoms with Gasteiger partial charge in [0.05, 0.1) is 6.10 Å². The molecule has 1 heterocycles. The molecule has 0 spiro atoms. The van der Waals surface area contributed by atoms with E-state index < -0.39 is 5.79 Å². The van der Waals surface area contributed by atoms with Crippen molar-refractivity contribution in [2.75, 3.05) is 0 Å². The fourth-order valence-corrected chi connectivity index (χ4v) is 2.50. The van der Waals surface area contributed by atoms with E-state index in [1.54, 1.807) is 6.07 Å². The summed E-state index contributed by atoms with van der Waals surface area (Å²) in [6.07, 6.45) is -0.159. The van der Waals surface area contributed by atoms with Gasteiger partial charge in [0.25, 0.3) is 0 Å².